The molecule has 4 rings (SSSR count). The monoisotopic (exact) mass is 342 g/mol. The first-order valence-corrected chi connectivity index (χ1v) is 9.23. The van der Waals surface area contributed by atoms with Gasteiger partial charge in [-0.3, -0.25) is 4.79 Å². The molecule has 0 bridgehead atoms. The molecule has 2 heterocycles. The number of fused-ring (bicyclic) bond motifs is 2. The number of amides is 1. The van der Waals surface area contributed by atoms with Crippen molar-refractivity contribution in [1.82, 2.24) is 9.47 Å². The number of carbonyl (C=O) groups is 1. The molecule has 1 saturated heterocycles. The number of benzene rings is 1. The predicted octanol–water partition coefficient (Wildman–Crippen LogP) is 2.80. The van der Waals surface area contributed by atoms with E-state index < -0.39 is 5.60 Å². The van der Waals surface area contributed by atoms with Gasteiger partial charge in [0.2, 0.25) is 5.91 Å². The highest BCUT2D eigenvalue weighted by Crippen LogP contribution is 2.39. The first kappa shape index (κ1) is 16.5. The van der Waals surface area contributed by atoms with Crippen molar-refractivity contribution in [1.29, 1.82) is 0 Å². The molecule has 1 aromatic heterocycles. The van der Waals surface area contributed by atoms with E-state index in [9.17, 15) is 9.90 Å². The number of hydrogen-bond acceptors (Lipinski definition) is 3. The van der Waals surface area contributed by atoms with Crippen LogP contribution in [-0.2, 0) is 11.3 Å². The van der Waals surface area contributed by atoms with Gasteiger partial charge < -0.3 is 19.3 Å². The number of hydrogen-bond donors (Lipinski definition) is 1. The van der Waals surface area contributed by atoms with Gasteiger partial charge in [-0.25, -0.2) is 0 Å². The van der Waals surface area contributed by atoms with Crippen LogP contribution in [0.25, 0.3) is 10.9 Å². The van der Waals surface area contributed by atoms with Gasteiger partial charge in [0.1, 0.15) is 12.3 Å². The topological polar surface area (TPSA) is 54.7 Å². The standard InChI is InChI=1S/C20H26N2O3/c1-25-18-7-4-6-17-16(18)8-11-21(17)14-19(23)22-12-10-20(24)9-3-2-5-15(20)13-22/h4,6-8,11,15,24H,2-3,5,9-10,12-14H2,1H3/t15-,20+/m0/s1. The average Bonchev–Trinajstić information content (AvgIpc) is 3.04. The zero-order valence-corrected chi connectivity index (χ0v) is 14.8. The quantitative estimate of drug-likeness (QED) is 0.933. The van der Waals surface area contributed by atoms with Crippen molar-refractivity contribution in [3.05, 3.63) is 30.5 Å². The molecule has 2 fully saturated rings. The minimum atomic E-state index is -0.539. The second-order valence-electron chi connectivity index (χ2n) is 7.47. The number of piperidine rings is 1. The number of likely N-dealkylation sites (tertiary alicyclic amines) is 1. The highest BCUT2D eigenvalue weighted by atomic mass is 16.5. The maximum absolute atomic E-state index is 12.8. The Bertz CT molecular complexity index is 784. The lowest BCUT2D eigenvalue weighted by molar-refractivity contribution is -0.143. The molecule has 134 valence electrons. The smallest absolute Gasteiger partial charge is 0.242 e. The number of aliphatic hydroxyl groups is 1. The van der Waals surface area contributed by atoms with Crippen molar-refractivity contribution in [2.45, 2.75) is 44.2 Å². The van der Waals surface area contributed by atoms with Crippen LogP contribution >= 0.6 is 0 Å². The van der Waals surface area contributed by atoms with E-state index in [0.29, 0.717) is 26.1 Å². The summed E-state index contributed by atoms with van der Waals surface area (Å²) < 4.78 is 7.38. The molecule has 2 aromatic rings. The first-order valence-electron chi connectivity index (χ1n) is 9.23. The lowest BCUT2D eigenvalue weighted by Crippen LogP contribution is -2.55. The number of nitrogens with zero attached hydrogens (tertiary/aromatic N) is 2. The summed E-state index contributed by atoms with van der Waals surface area (Å²) in [4.78, 5) is 14.8. The van der Waals surface area contributed by atoms with Crippen LogP contribution in [-0.4, -0.2) is 46.3 Å². The molecule has 0 radical (unpaired) electrons. The van der Waals surface area contributed by atoms with Crippen molar-refractivity contribution in [2.75, 3.05) is 20.2 Å². The number of aromatic nitrogens is 1. The summed E-state index contributed by atoms with van der Waals surface area (Å²) >= 11 is 0. The van der Waals surface area contributed by atoms with Gasteiger partial charge in [-0.15, -0.1) is 0 Å². The summed E-state index contributed by atoms with van der Waals surface area (Å²) in [7, 11) is 1.66. The van der Waals surface area contributed by atoms with E-state index in [1.807, 2.05) is 39.9 Å². The maximum atomic E-state index is 12.8. The third kappa shape index (κ3) is 2.91. The molecule has 2 aliphatic rings. The zero-order valence-electron chi connectivity index (χ0n) is 14.8. The summed E-state index contributed by atoms with van der Waals surface area (Å²) in [6.45, 7) is 1.69. The van der Waals surface area contributed by atoms with Gasteiger partial charge in [-0.2, -0.15) is 0 Å². The lowest BCUT2D eigenvalue weighted by Gasteiger charge is -2.47. The van der Waals surface area contributed by atoms with Gasteiger partial charge in [-0.1, -0.05) is 18.9 Å². The fourth-order valence-corrected chi connectivity index (χ4v) is 4.55. The van der Waals surface area contributed by atoms with Crippen LogP contribution in [0, 0.1) is 5.92 Å². The molecular weight excluding hydrogens is 316 g/mol. The molecule has 1 aliphatic heterocycles. The van der Waals surface area contributed by atoms with Crippen LogP contribution in [0.3, 0.4) is 0 Å². The number of carbonyl (C=O) groups excluding carboxylic acids is 1. The number of methoxy groups -OCH3 is 1. The molecular formula is C20H26N2O3. The van der Waals surface area contributed by atoms with Crippen molar-refractivity contribution >= 4 is 16.8 Å². The Balaban J connectivity index is 1.49. The molecule has 5 heteroatoms. The molecule has 1 amide bonds. The fraction of sp³-hybridized carbons (Fsp3) is 0.550. The van der Waals surface area contributed by atoms with E-state index in [1.165, 1.54) is 0 Å². The van der Waals surface area contributed by atoms with E-state index in [4.69, 9.17) is 4.74 Å². The van der Waals surface area contributed by atoms with Gasteiger partial charge >= 0.3 is 0 Å². The van der Waals surface area contributed by atoms with E-state index in [2.05, 4.69) is 0 Å². The molecule has 2 atom stereocenters. The van der Waals surface area contributed by atoms with Crippen LogP contribution in [0.1, 0.15) is 32.1 Å². The first-order chi connectivity index (χ1) is 12.1. The highest BCUT2D eigenvalue weighted by molar-refractivity contribution is 5.88. The van der Waals surface area contributed by atoms with Crippen molar-refractivity contribution in [3.8, 4) is 5.75 Å². The van der Waals surface area contributed by atoms with Gasteiger partial charge in [0.15, 0.2) is 0 Å². The van der Waals surface area contributed by atoms with E-state index in [0.717, 1.165) is 42.3 Å². The second kappa shape index (κ2) is 6.37. The molecule has 1 saturated carbocycles. The van der Waals surface area contributed by atoms with Gasteiger partial charge in [0, 0.05) is 30.6 Å². The van der Waals surface area contributed by atoms with Crippen LogP contribution in [0.15, 0.2) is 30.5 Å². The molecule has 0 spiro atoms. The Morgan fingerprint density at radius 1 is 1.32 bits per heavy atom. The normalized spacial score (nSPS) is 26.5. The van der Waals surface area contributed by atoms with Gasteiger partial charge in [0.05, 0.1) is 18.2 Å². The summed E-state index contributed by atoms with van der Waals surface area (Å²) in [5, 5.41) is 11.8. The van der Waals surface area contributed by atoms with Crippen LogP contribution < -0.4 is 4.74 Å². The second-order valence-corrected chi connectivity index (χ2v) is 7.47. The maximum Gasteiger partial charge on any atom is 0.242 e. The Morgan fingerprint density at radius 2 is 2.20 bits per heavy atom. The van der Waals surface area contributed by atoms with E-state index >= 15 is 0 Å². The summed E-state index contributed by atoms with van der Waals surface area (Å²) in [6, 6.07) is 7.90. The molecule has 25 heavy (non-hydrogen) atoms. The molecule has 5 nitrogen and oxygen atoms in total. The molecule has 1 N–H and O–H groups in total. The largest absolute Gasteiger partial charge is 0.496 e. The zero-order chi connectivity index (χ0) is 17.4. The third-order valence-electron chi connectivity index (χ3n) is 6.08. The number of ether oxygens (including phenoxy) is 1. The van der Waals surface area contributed by atoms with Gasteiger partial charge in [-0.05, 0) is 37.5 Å². The Hall–Kier alpha value is -2.01. The molecule has 1 aromatic carbocycles. The lowest BCUT2D eigenvalue weighted by atomic mass is 9.71. The van der Waals surface area contributed by atoms with Crippen LogP contribution in [0.5, 0.6) is 5.75 Å². The Labute approximate surface area is 148 Å². The Kier molecular flexibility index (Phi) is 4.20. The van der Waals surface area contributed by atoms with Crippen molar-refractivity contribution < 1.29 is 14.6 Å². The number of rotatable bonds is 3. The van der Waals surface area contributed by atoms with Gasteiger partial charge in [0.25, 0.3) is 0 Å². The summed E-state index contributed by atoms with van der Waals surface area (Å²) in [5.74, 6) is 1.20. The minimum Gasteiger partial charge on any atom is -0.496 e. The van der Waals surface area contributed by atoms with E-state index in [1.54, 1.807) is 7.11 Å². The van der Waals surface area contributed by atoms with Crippen LogP contribution in [0.4, 0.5) is 0 Å². The van der Waals surface area contributed by atoms with Crippen molar-refractivity contribution in [3.63, 3.8) is 0 Å². The predicted molar refractivity (Wildman–Crippen MR) is 96.6 cm³/mol. The van der Waals surface area contributed by atoms with Crippen LogP contribution in [0.2, 0.25) is 0 Å². The Morgan fingerprint density at radius 3 is 3.04 bits per heavy atom. The SMILES string of the molecule is COc1cccc2c1ccn2CC(=O)N1CC[C@]2(O)CCCC[C@H]2C1. The van der Waals surface area contributed by atoms with E-state index in [-0.39, 0.29) is 11.8 Å². The minimum absolute atomic E-state index is 0.132. The summed E-state index contributed by atoms with van der Waals surface area (Å²) in [6.07, 6.45) is 6.86. The fourth-order valence-electron chi connectivity index (χ4n) is 4.55. The average molecular weight is 342 g/mol. The molecule has 0 unspecified atom stereocenters. The third-order valence-corrected chi connectivity index (χ3v) is 6.08. The summed E-state index contributed by atoms with van der Waals surface area (Å²) in [5.41, 5.74) is 0.474. The van der Waals surface area contributed by atoms with Crippen molar-refractivity contribution in [2.24, 2.45) is 5.92 Å². The molecule has 1 aliphatic carbocycles. The highest BCUT2D eigenvalue weighted by Gasteiger charge is 2.43.